The number of carbonyl (C=O) groups excluding carboxylic acids is 1. The molecule has 1 aliphatic heterocycles. The summed E-state index contributed by atoms with van der Waals surface area (Å²) in [6, 6.07) is 20.3. The van der Waals surface area contributed by atoms with Crippen LogP contribution in [0.5, 0.6) is 5.75 Å². The number of rotatable bonds is 7. The Kier molecular flexibility index (Phi) is 7.40. The van der Waals surface area contributed by atoms with Gasteiger partial charge in [0.25, 0.3) is 5.91 Å². The molecule has 4 aromatic rings. The lowest BCUT2D eigenvalue weighted by Crippen LogP contribution is -2.48. The molecule has 3 aromatic carbocycles. The van der Waals surface area contributed by atoms with Crippen LogP contribution in [-0.4, -0.2) is 62.4 Å². The van der Waals surface area contributed by atoms with Gasteiger partial charge in [0, 0.05) is 61.5 Å². The minimum absolute atomic E-state index is 0.104. The Balaban J connectivity index is 1.20. The number of ether oxygens (including phenoxy) is 1. The molecule has 0 N–H and O–H groups in total. The maximum atomic E-state index is 14.3. The number of halogens is 1. The zero-order valence-corrected chi connectivity index (χ0v) is 21.8. The number of carbonyl (C=O) groups is 1. The third-order valence-corrected chi connectivity index (χ3v) is 8.51. The molecule has 0 radical (unpaired) electrons. The van der Waals surface area contributed by atoms with Crippen molar-refractivity contribution in [2.75, 3.05) is 33.3 Å². The van der Waals surface area contributed by atoms with Gasteiger partial charge in [-0.25, -0.2) is 12.8 Å². The molecule has 0 saturated carbocycles. The van der Waals surface area contributed by atoms with E-state index >= 15 is 0 Å². The molecule has 38 heavy (non-hydrogen) atoms. The highest BCUT2D eigenvalue weighted by Gasteiger charge is 2.24. The summed E-state index contributed by atoms with van der Waals surface area (Å²) >= 11 is 0. The lowest BCUT2D eigenvalue weighted by Gasteiger charge is -2.35. The molecule has 1 aliphatic rings. The molecule has 1 aromatic heterocycles. The second-order valence-corrected chi connectivity index (χ2v) is 11.3. The SMILES string of the molecule is COc1ccc(CN2CCN(C(=O)c3ccc(CS(=O)(=O)c4cccc5cccnc45)cc3)CC2)c(F)c1. The Hall–Kier alpha value is -3.82. The van der Waals surface area contributed by atoms with E-state index in [2.05, 4.69) is 9.88 Å². The van der Waals surface area contributed by atoms with Gasteiger partial charge in [-0.2, -0.15) is 0 Å². The van der Waals surface area contributed by atoms with E-state index in [0.717, 1.165) is 5.39 Å². The first-order valence-corrected chi connectivity index (χ1v) is 14.0. The smallest absolute Gasteiger partial charge is 0.253 e. The van der Waals surface area contributed by atoms with Crippen molar-refractivity contribution in [1.82, 2.24) is 14.8 Å². The number of pyridine rings is 1. The molecule has 0 bridgehead atoms. The van der Waals surface area contributed by atoms with Gasteiger partial charge in [0.1, 0.15) is 11.6 Å². The first-order valence-electron chi connectivity index (χ1n) is 12.3. The van der Waals surface area contributed by atoms with Crippen molar-refractivity contribution in [3.63, 3.8) is 0 Å². The van der Waals surface area contributed by atoms with Gasteiger partial charge in [-0.15, -0.1) is 0 Å². The van der Waals surface area contributed by atoms with Gasteiger partial charge in [0.05, 0.1) is 23.3 Å². The first kappa shape index (κ1) is 25.8. The lowest BCUT2D eigenvalue weighted by molar-refractivity contribution is 0.0627. The normalized spacial score (nSPS) is 14.5. The van der Waals surface area contributed by atoms with Crippen LogP contribution in [0.15, 0.2) is 83.9 Å². The van der Waals surface area contributed by atoms with E-state index < -0.39 is 9.84 Å². The zero-order valence-electron chi connectivity index (χ0n) is 21.0. The summed E-state index contributed by atoms with van der Waals surface area (Å²) in [6.07, 6.45) is 1.58. The summed E-state index contributed by atoms with van der Waals surface area (Å²) in [4.78, 5) is 21.4. The fraction of sp³-hybridized carbons (Fsp3) is 0.241. The van der Waals surface area contributed by atoms with E-state index in [0.29, 0.717) is 60.7 Å². The summed E-state index contributed by atoms with van der Waals surface area (Å²) < 4.78 is 45.7. The Morgan fingerprint density at radius 1 is 0.974 bits per heavy atom. The summed E-state index contributed by atoms with van der Waals surface area (Å²) in [7, 11) is -2.13. The Morgan fingerprint density at radius 2 is 1.71 bits per heavy atom. The quantitative estimate of drug-likeness (QED) is 0.352. The van der Waals surface area contributed by atoms with E-state index in [9.17, 15) is 17.6 Å². The number of nitrogens with zero attached hydrogens (tertiary/aromatic N) is 3. The molecular formula is C29H28FN3O4S. The summed E-state index contributed by atoms with van der Waals surface area (Å²) in [5, 5.41) is 0.767. The fourth-order valence-corrected chi connectivity index (χ4v) is 6.22. The van der Waals surface area contributed by atoms with Crippen LogP contribution in [0.4, 0.5) is 4.39 Å². The maximum absolute atomic E-state index is 14.3. The van der Waals surface area contributed by atoms with Crippen LogP contribution in [0.3, 0.4) is 0 Å². The number of fused-ring (bicyclic) bond motifs is 1. The number of hydrogen-bond donors (Lipinski definition) is 0. The van der Waals surface area contributed by atoms with Crippen molar-refractivity contribution in [2.24, 2.45) is 0 Å². The predicted octanol–water partition coefficient (Wildman–Crippen LogP) is 4.31. The highest BCUT2D eigenvalue weighted by Crippen LogP contribution is 2.25. The maximum Gasteiger partial charge on any atom is 0.253 e. The summed E-state index contributed by atoms with van der Waals surface area (Å²) in [5.74, 6) is -0.108. The van der Waals surface area contributed by atoms with Crippen molar-refractivity contribution in [2.45, 2.75) is 17.2 Å². The molecule has 0 aliphatic carbocycles. The van der Waals surface area contributed by atoms with E-state index in [1.54, 1.807) is 65.7 Å². The average Bonchev–Trinajstić information content (AvgIpc) is 2.94. The second kappa shape index (κ2) is 10.9. The number of benzene rings is 3. The van der Waals surface area contributed by atoms with Gasteiger partial charge in [0.2, 0.25) is 0 Å². The Bertz CT molecular complexity index is 1560. The predicted molar refractivity (Wildman–Crippen MR) is 143 cm³/mol. The molecule has 196 valence electrons. The number of aromatic nitrogens is 1. The van der Waals surface area contributed by atoms with Crippen LogP contribution in [0.1, 0.15) is 21.5 Å². The molecule has 1 amide bonds. The summed E-state index contributed by atoms with van der Waals surface area (Å²) in [5.41, 5.74) is 2.15. The van der Waals surface area contributed by atoms with E-state index in [1.165, 1.54) is 13.2 Å². The number of hydrogen-bond acceptors (Lipinski definition) is 6. The van der Waals surface area contributed by atoms with Crippen LogP contribution in [0.2, 0.25) is 0 Å². The van der Waals surface area contributed by atoms with Crippen LogP contribution in [-0.2, 0) is 22.1 Å². The average molecular weight is 534 g/mol. The Labute approximate surface area is 221 Å². The third-order valence-electron chi connectivity index (χ3n) is 6.80. The molecule has 9 heteroatoms. The van der Waals surface area contributed by atoms with Crippen molar-refractivity contribution in [3.8, 4) is 5.75 Å². The number of methoxy groups -OCH3 is 1. The highest BCUT2D eigenvalue weighted by atomic mass is 32.2. The molecule has 0 spiro atoms. The van der Waals surface area contributed by atoms with Gasteiger partial charge in [0.15, 0.2) is 9.84 Å². The number of piperazine rings is 1. The standard InChI is InChI=1S/C29H28FN3O4S/c1-37-25-12-11-24(26(30)18-25)19-32-14-16-33(17-15-32)29(34)23-9-7-21(8-10-23)20-38(35,36)27-6-2-4-22-5-3-13-31-28(22)27/h2-13,18H,14-17,19-20H2,1H3. The topological polar surface area (TPSA) is 79.8 Å². The molecule has 1 fully saturated rings. The van der Waals surface area contributed by atoms with Crippen molar-refractivity contribution < 1.29 is 22.3 Å². The zero-order chi connectivity index (χ0) is 26.7. The second-order valence-electron chi connectivity index (χ2n) is 9.31. The minimum atomic E-state index is -3.63. The van der Waals surface area contributed by atoms with E-state index in [4.69, 9.17) is 4.74 Å². The van der Waals surface area contributed by atoms with E-state index in [1.807, 2.05) is 12.1 Å². The van der Waals surface area contributed by atoms with Crippen LogP contribution < -0.4 is 4.74 Å². The van der Waals surface area contributed by atoms with Gasteiger partial charge >= 0.3 is 0 Å². The van der Waals surface area contributed by atoms with Crippen molar-refractivity contribution in [1.29, 1.82) is 0 Å². The number of para-hydroxylation sites is 1. The fourth-order valence-electron chi connectivity index (χ4n) is 4.68. The van der Waals surface area contributed by atoms with Gasteiger partial charge in [-0.1, -0.05) is 36.4 Å². The van der Waals surface area contributed by atoms with Gasteiger partial charge in [-0.3, -0.25) is 14.7 Å². The Morgan fingerprint density at radius 3 is 2.42 bits per heavy atom. The van der Waals surface area contributed by atoms with Crippen LogP contribution >= 0.6 is 0 Å². The minimum Gasteiger partial charge on any atom is -0.497 e. The van der Waals surface area contributed by atoms with E-state index in [-0.39, 0.29) is 22.4 Å². The number of sulfone groups is 1. The summed E-state index contributed by atoms with van der Waals surface area (Å²) in [6.45, 7) is 2.79. The molecule has 1 saturated heterocycles. The number of amides is 1. The molecular weight excluding hydrogens is 505 g/mol. The van der Waals surface area contributed by atoms with Crippen LogP contribution in [0, 0.1) is 5.82 Å². The van der Waals surface area contributed by atoms with Gasteiger partial charge in [-0.05, 0) is 35.9 Å². The molecule has 2 heterocycles. The van der Waals surface area contributed by atoms with Crippen LogP contribution in [0.25, 0.3) is 10.9 Å². The van der Waals surface area contributed by atoms with Gasteiger partial charge < -0.3 is 9.64 Å². The first-order chi connectivity index (χ1) is 18.3. The largest absolute Gasteiger partial charge is 0.497 e. The molecule has 0 atom stereocenters. The van der Waals surface area contributed by atoms with Crippen molar-refractivity contribution >= 4 is 26.6 Å². The molecule has 0 unspecified atom stereocenters. The molecule has 7 nitrogen and oxygen atoms in total. The highest BCUT2D eigenvalue weighted by molar-refractivity contribution is 7.90. The monoisotopic (exact) mass is 533 g/mol. The lowest BCUT2D eigenvalue weighted by atomic mass is 10.1. The molecule has 5 rings (SSSR count). The van der Waals surface area contributed by atoms with Crippen molar-refractivity contribution in [3.05, 3.63) is 102 Å². The third kappa shape index (κ3) is 5.54.